The van der Waals surface area contributed by atoms with Gasteiger partial charge in [-0.2, -0.15) is 0 Å². The summed E-state index contributed by atoms with van der Waals surface area (Å²) in [6.07, 6.45) is 2.22. The molecule has 8 heteroatoms. The molecule has 0 rings (SSSR count). The number of aliphatic hydroxyl groups excluding tert-OH is 5. The minimum Gasteiger partial charge on any atom is -0.479 e. The molecule has 6 N–H and O–H groups in total. The van der Waals surface area contributed by atoms with Crippen molar-refractivity contribution in [2.75, 3.05) is 0 Å². The molecule has 212 valence electrons. The highest BCUT2D eigenvalue weighted by atomic mass is 16.4. The number of aliphatic carboxylic acids is 1. The first kappa shape index (κ1) is 34.7. The normalized spacial score (nSPS) is 18.4. The van der Waals surface area contributed by atoms with E-state index in [1.54, 1.807) is 0 Å². The molecule has 0 aliphatic carbocycles. The van der Waals surface area contributed by atoms with E-state index in [0.29, 0.717) is 12.3 Å². The molecule has 0 radical (unpaired) electrons. The third kappa shape index (κ3) is 15.1. The maximum atomic E-state index is 12.1. The molecule has 36 heavy (non-hydrogen) atoms. The number of Topliss-reactive ketones (excluding diaryl/α,β-unsaturated/α-hetero) is 1. The van der Waals surface area contributed by atoms with Crippen LogP contribution in [-0.2, 0) is 9.59 Å². The van der Waals surface area contributed by atoms with Gasteiger partial charge < -0.3 is 30.6 Å². The fraction of sp³-hybridized carbons (Fsp3) is 0.857. The third-order valence-electron chi connectivity index (χ3n) is 6.95. The van der Waals surface area contributed by atoms with Crippen molar-refractivity contribution in [3.63, 3.8) is 0 Å². The van der Waals surface area contributed by atoms with Crippen molar-refractivity contribution in [3.8, 4) is 0 Å². The van der Waals surface area contributed by atoms with Crippen molar-refractivity contribution < 1.29 is 40.2 Å². The number of ketones is 1. The summed E-state index contributed by atoms with van der Waals surface area (Å²) >= 11 is 0. The Balaban J connectivity index is 4.19. The molecule has 0 bridgehead atoms. The molecule has 0 saturated carbocycles. The van der Waals surface area contributed by atoms with Gasteiger partial charge in [-0.25, -0.2) is 4.79 Å². The second-order valence-corrected chi connectivity index (χ2v) is 11.1. The number of carbonyl (C=O) groups is 2. The Morgan fingerprint density at radius 3 is 1.64 bits per heavy atom. The van der Waals surface area contributed by atoms with Crippen molar-refractivity contribution in [1.29, 1.82) is 0 Å². The van der Waals surface area contributed by atoms with Crippen molar-refractivity contribution in [3.05, 3.63) is 11.6 Å². The molecule has 0 aliphatic rings. The average Bonchev–Trinajstić information content (AvgIpc) is 2.81. The zero-order chi connectivity index (χ0) is 27.8. The SMILES string of the molecule is CC(=CCCC(=O)C(O)[C@@H](O)[C@@H](O)[C@H](O)[C@H](O)C(=O)O)CCCC(C)CCCC(C)CCCC(C)C. The summed E-state index contributed by atoms with van der Waals surface area (Å²) in [5.41, 5.74) is 1.14. The molecule has 0 aromatic carbocycles. The standard InChI is InChI=1S/C28H52O8/c1-18(2)10-6-11-19(3)12-7-13-20(4)14-8-15-21(5)16-9-17-22(29)23(30)24(31)25(32)26(33)27(34)28(35)36/h16,18-20,23-27,30-34H,6-15,17H2,1-5H3,(H,35,36)/t19?,20?,23?,24-,25-,26+,27+/m1/s1. The molecular weight excluding hydrogens is 464 g/mol. The van der Waals surface area contributed by atoms with Crippen molar-refractivity contribution in [2.45, 2.75) is 136 Å². The Morgan fingerprint density at radius 1 is 0.667 bits per heavy atom. The first-order valence-corrected chi connectivity index (χ1v) is 13.6. The summed E-state index contributed by atoms with van der Waals surface area (Å²) in [7, 11) is 0. The molecule has 0 fully saturated rings. The summed E-state index contributed by atoms with van der Waals surface area (Å²) in [6, 6.07) is 0. The molecule has 7 atom stereocenters. The summed E-state index contributed by atoms with van der Waals surface area (Å²) in [5.74, 6) is -0.272. The highest BCUT2D eigenvalue weighted by Crippen LogP contribution is 2.22. The van der Waals surface area contributed by atoms with Crippen molar-refractivity contribution >= 4 is 11.8 Å². The first-order valence-electron chi connectivity index (χ1n) is 13.6. The highest BCUT2D eigenvalue weighted by Gasteiger charge is 2.39. The summed E-state index contributed by atoms with van der Waals surface area (Å²) < 4.78 is 0. The average molecular weight is 517 g/mol. The second-order valence-electron chi connectivity index (χ2n) is 11.1. The number of hydrogen-bond donors (Lipinski definition) is 6. The Morgan fingerprint density at radius 2 is 1.14 bits per heavy atom. The van der Waals surface area contributed by atoms with Crippen LogP contribution in [0.15, 0.2) is 11.6 Å². The monoisotopic (exact) mass is 516 g/mol. The number of hydrogen-bond acceptors (Lipinski definition) is 7. The van der Waals surface area contributed by atoms with Gasteiger partial charge in [0.15, 0.2) is 11.9 Å². The van der Waals surface area contributed by atoms with Gasteiger partial charge in [0.2, 0.25) is 0 Å². The molecule has 0 aromatic heterocycles. The Hall–Kier alpha value is -1.32. The molecule has 0 aromatic rings. The zero-order valence-electron chi connectivity index (χ0n) is 23.0. The minimum atomic E-state index is -2.35. The molecular formula is C28H52O8. The van der Waals surface area contributed by atoms with Gasteiger partial charge in [0.1, 0.15) is 24.4 Å². The summed E-state index contributed by atoms with van der Waals surface area (Å²) in [5, 5.41) is 57.1. The van der Waals surface area contributed by atoms with Gasteiger partial charge >= 0.3 is 5.97 Å². The van der Waals surface area contributed by atoms with Crippen LogP contribution in [0.5, 0.6) is 0 Å². The largest absolute Gasteiger partial charge is 0.479 e. The van der Waals surface area contributed by atoms with Gasteiger partial charge in [-0.15, -0.1) is 0 Å². The van der Waals surface area contributed by atoms with Gasteiger partial charge in [0.25, 0.3) is 0 Å². The van der Waals surface area contributed by atoms with E-state index in [-0.39, 0.29) is 6.42 Å². The maximum Gasteiger partial charge on any atom is 0.335 e. The van der Waals surface area contributed by atoms with E-state index in [1.165, 1.54) is 38.5 Å². The van der Waals surface area contributed by atoms with Gasteiger partial charge in [-0.05, 0) is 43.9 Å². The third-order valence-corrected chi connectivity index (χ3v) is 6.95. The predicted molar refractivity (Wildman–Crippen MR) is 140 cm³/mol. The number of carboxylic acids is 1. The lowest BCUT2D eigenvalue weighted by molar-refractivity contribution is -0.169. The van der Waals surface area contributed by atoms with Crippen LogP contribution in [0.1, 0.15) is 105 Å². The fourth-order valence-corrected chi connectivity index (χ4v) is 4.33. The van der Waals surface area contributed by atoms with Gasteiger partial charge in [-0.3, -0.25) is 4.79 Å². The highest BCUT2D eigenvalue weighted by molar-refractivity contribution is 5.83. The number of allylic oxidation sites excluding steroid dienone is 2. The lowest BCUT2D eigenvalue weighted by Gasteiger charge is -2.27. The zero-order valence-corrected chi connectivity index (χ0v) is 23.0. The van der Waals surface area contributed by atoms with Gasteiger partial charge in [-0.1, -0.05) is 84.3 Å². The molecule has 0 spiro atoms. The van der Waals surface area contributed by atoms with E-state index in [4.69, 9.17) is 5.11 Å². The number of aliphatic hydroxyl groups is 5. The molecule has 0 amide bonds. The van der Waals surface area contributed by atoms with Crippen LogP contribution < -0.4 is 0 Å². The van der Waals surface area contributed by atoms with E-state index < -0.39 is 42.3 Å². The smallest absolute Gasteiger partial charge is 0.335 e. The van der Waals surface area contributed by atoms with E-state index in [1.807, 2.05) is 13.0 Å². The molecule has 0 aliphatic heterocycles. The lowest BCUT2D eigenvalue weighted by Crippen LogP contribution is -2.52. The van der Waals surface area contributed by atoms with E-state index >= 15 is 0 Å². The van der Waals surface area contributed by atoms with Crippen LogP contribution in [-0.4, -0.2) is 72.9 Å². The van der Waals surface area contributed by atoms with E-state index in [2.05, 4.69) is 27.7 Å². The second kappa shape index (κ2) is 18.9. The molecule has 8 nitrogen and oxygen atoms in total. The lowest BCUT2D eigenvalue weighted by atomic mass is 9.91. The van der Waals surface area contributed by atoms with E-state index in [0.717, 1.165) is 36.7 Å². The van der Waals surface area contributed by atoms with Gasteiger partial charge in [0, 0.05) is 6.42 Å². The molecule has 3 unspecified atom stereocenters. The minimum absolute atomic E-state index is 0.0778. The van der Waals surface area contributed by atoms with Crippen LogP contribution in [0.2, 0.25) is 0 Å². The van der Waals surface area contributed by atoms with Crippen molar-refractivity contribution in [1.82, 2.24) is 0 Å². The van der Waals surface area contributed by atoms with Crippen LogP contribution in [0.3, 0.4) is 0 Å². The van der Waals surface area contributed by atoms with Crippen LogP contribution in [0, 0.1) is 17.8 Å². The molecule has 0 saturated heterocycles. The van der Waals surface area contributed by atoms with Crippen LogP contribution >= 0.6 is 0 Å². The number of carboxylic acid groups (broad SMARTS) is 1. The Labute approximate surface area is 217 Å². The van der Waals surface area contributed by atoms with Crippen molar-refractivity contribution in [2.24, 2.45) is 17.8 Å². The topological polar surface area (TPSA) is 156 Å². The Bertz CT molecular complexity index is 647. The number of rotatable bonds is 21. The van der Waals surface area contributed by atoms with Crippen LogP contribution in [0.25, 0.3) is 0 Å². The van der Waals surface area contributed by atoms with Crippen LogP contribution in [0.4, 0.5) is 0 Å². The summed E-state index contributed by atoms with van der Waals surface area (Å²) in [4.78, 5) is 22.8. The Kier molecular flexibility index (Phi) is 18.2. The number of carbonyl (C=O) groups excluding carboxylic acids is 1. The fourth-order valence-electron chi connectivity index (χ4n) is 4.33. The van der Waals surface area contributed by atoms with E-state index in [9.17, 15) is 35.1 Å². The summed E-state index contributed by atoms with van der Waals surface area (Å²) in [6.45, 7) is 11.2. The predicted octanol–water partition coefficient (Wildman–Crippen LogP) is 3.61. The molecule has 0 heterocycles. The first-order chi connectivity index (χ1) is 16.8. The maximum absolute atomic E-state index is 12.1. The quantitative estimate of drug-likeness (QED) is 0.126. The van der Waals surface area contributed by atoms with Gasteiger partial charge in [0.05, 0.1) is 0 Å².